The maximum atomic E-state index is 4.88. The smallest absolute Gasteiger partial charge is 0.235 e. The van der Waals surface area contributed by atoms with Crippen molar-refractivity contribution in [3.8, 4) is 5.69 Å². The third-order valence-corrected chi connectivity index (χ3v) is 4.78. The number of benzene rings is 2. The Hall–Kier alpha value is -2.42. The van der Waals surface area contributed by atoms with Gasteiger partial charge in [0.25, 0.3) is 0 Å². The number of rotatable bonds is 0. The molecular weight excluding hydrogens is 258 g/mol. The Morgan fingerprint density at radius 2 is 2.05 bits per heavy atom. The van der Waals surface area contributed by atoms with Gasteiger partial charge in [-0.25, -0.2) is 9.56 Å². The number of aryl methyl sites for hydroxylation is 1. The van der Waals surface area contributed by atoms with Gasteiger partial charge in [-0.05, 0) is 30.2 Å². The van der Waals surface area contributed by atoms with Crippen LogP contribution in [-0.4, -0.2) is 27.4 Å². The molecule has 2 aliphatic rings. The van der Waals surface area contributed by atoms with Crippen molar-refractivity contribution < 1.29 is 4.58 Å². The number of para-hydroxylation sites is 1. The van der Waals surface area contributed by atoms with Gasteiger partial charge in [0.05, 0.1) is 17.6 Å². The Bertz CT molecular complexity index is 960. The quantitative estimate of drug-likeness (QED) is 0.451. The number of aromatic nitrogens is 2. The molecular formula is C18H16N3+. The molecule has 0 spiro atoms. The van der Waals surface area contributed by atoms with Crippen molar-refractivity contribution in [3.63, 3.8) is 0 Å². The minimum atomic E-state index is 0.938. The number of nitrogens with zero attached hydrogens (tertiary/aromatic N) is 3. The summed E-state index contributed by atoms with van der Waals surface area (Å²) in [6.45, 7) is 2.19. The van der Waals surface area contributed by atoms with E-state index in [0.29, 0.717) is 0 Å². The molecule has 3 nitrogen and oxygen atoms in total. The van der Waals surface area contributed by atoms with E-state index >= 15 is 0 Å². The zero-order valence-electron chi connectivity index (χ0n) is 12.2. The van der Waals surface area contributed by atoms with Crippen molar-refractivity contribution in [1.29, 1.82) is 0 Å². The highest BCUT2D eigenvalue weighted by Crippen LogP contribution is 2.39. The summed E-state index contributed by atoms with van der Waals surface area (Å²) in [6.07, 6.45) is 4.20. The second-order valence-corrected chi connectivity index (χ2v) is 6.06. The molecule has 3 heterocycles. The Kier molecular flexibility index (Phi) is 1.94. The van der Waals surface area contributed by atoms with E-state index in [1.807, 2.05) is 0 Å². The van der Waals surface area contributed by atoms with Gasteiger partial charge in [-0.3, -0.25) is 4.57 Å². The van der Waals surface area contributed by atoms with E-state index in [2.05, 4.69) is 59.7 Å². The van der Waals surface area contributed by atoms with Gasteiger partial charge in [-0.1, -0.05) is 18.2 Å². The molecule has 0 bridgehead atoms. The first-order chi connectivity index (χ1) is 10.2. The van der Waals surface area contributed by atoms with Gasteiger partial charge in [0, 0.05) is 12.0 Å². The molecule has 0 fully saturated rings. The van der Waals surface area contributed by atoms with Crippen molar-refractivity contribution in [2.24, 2.45) is 0 Å². The van der Waals surface area contributed by atoms with Crippen LogP contribution in [0.2, 0.25) is 0 Å². The van der Waals surface area contributed by atoms with Crippen LogP contribution in [0.25, 0.3) is 16.7 Å². The van der Waals surface area contributed by atoms with Crippen LogP contribution >= 0.6 is 0 Å². The van der Waals surface area contributed by atoms with Crippen LogP contribution in [0, 0.1) is 6.92 Å². The average molecular weight is 274 g/mol. The van der Waals surface area contributed by atoms with Crippen LogP contribution in [-0.2, 0) is 12.8 Å². The van der Waals surface area contributed by atoms with Crippen molar-refractivity contribution in [2.75, 3.05) is 7.05 Å². The van der Waals surface area contributed by atoms with E-state index in [1.165, 1.54) is 39.4 Å². The van der Waals surface area contributed by atoms with E-state index in [-0.39, 0.29) is 0 Å². The second-order valence-electron chi connectivity index (χ2n) is 6.06. The summed E-state index contributed by atoms with van der Waals surface area (Å²) in [7, 11) is 2.14. The molecule has 102 valence electrons. The normalized spacial score (nSPS) is 15.0. The number of hydrogen-bond donors (Lipinski definition) is 0. The van der Waals surface area contributed by atoms with Gasteiger partial charge < -0.3 is 0 Å². The molecule has 0 saturated heterocycles. The van der Waals surface area contributed by atoms with Crippen LogP contribution in [0.15, 0.2) is 30.3 Å². The molecule has 0 radical (unpaired) electrons. The Balaban J connectivity index is 1.97. The topological polar surface area (TPSA) is 20.8 Å². The molecule has 2 aliphatic heterocycles. The lowest BCUT2D eigenvalue weighted by atomic mass is 10.1. The van der Waals surface area contributed by atoms with Crippen molar-refractivity contribution >= 4 is 22.9 Å². The summed E-state index contributed by atoms with van der Waals surface area (Å²) in [5.41, 5.74) is 9.15. The Labute approximate surface area is 123 Å². The fraction of sp³-hybridized carbons (Fsp3) is 0.222. The molecule has 2 aromatic carbocycles. The first-order valence-corrected chi connectivity index (χ1v) is 7.42. The Morgan fingerprint density at radius 3 is 2.95 bits per heavy atom. The number of fused-ring (bicyclic) bond motifs is 7. The first-order valence-electron chi connectivity index (χ1n) is 7.42. The molecule has 21 heavy (non-hydrogen) atoms. The number of imidazole rings is 1. The molecule has 0 N–H and O–H groups in total. The maximum absolute atomic E-state index is 4.88. The van der Waals surface area contributed by atoms with Crippen LogP contribution in [0.4, 0.5) is 5.69 Å². The summed E-state index contributed by atoms with van der Waals surface area (Å²) in [5.74, 6) is 1.17. The van der Waals surface area contributed by atoms with Gasteiger partial charge in [0.1, 0.15) is 24.6 Å². The molecule has 5 rings (SSSR count). The van der Waals surface area contributed by atoms with Crippen LogP contribution < -0.4 is 0 Å². The minimum absolute atomic E-state index is 0.938. The molecule has 0 amide bonds. The predicted octanol–water partition coefficient (Wildman–Crippen LogP) is 3.14. The summed E-state index contributed by atoms with van der Waals surface area (Å²) < 4.78 is 4.64. The largest absolute Gasteiger partial charge is 0.290 e. The molecule has 0 saturated carbocycles. The van der Waals surface area contributed by atoms with Crippen molar-refractivity contribution in [1.82, 2.24) is 9.55 Å². The third kappa shape index (κ3) is 1.29. The van der Waals surface area contributed by atoms with Gasteiger partial charge >= 0.3 is 0 Å². The Morgan fingerprint density at radius 1 is 1.14 bits per heavy atom. The van der Waals surface area contributed by atoms with Crippen LogP contribution in [0.3, 0.4) is 0 Å². The molecule has 0 atom stereocenters. The van der Waals surface area contributed by atoms with Gasteiger partial charge in [0.15, 0.2) is 0 Å². The zero-order valence-corrected chi connectivity index (χ0v) is 12.2. The lowest BCUT2D eigenvalue weighted by Crippen LogP contribution is -2.00. The van der Waals surface area contributed by atoms with Gasteiger partial charge in [0.2, 0.25) is 5.69 Å². The fourth-order valence-corrected chi connectivity index (χ4v) is 3.84. The highest BCUT2D eigenvalue weighted by Gasteiger charge is 2.31. The standard InChI is InChI=1S/C18H16N3/c1-11-4-3-5-13-10-15-19-14-7-6-12-8-9-20(2)17(12)18(14)21(15)16(11)13/h3-7,9H,8,10H2,1-2H3/q+1. The van der Waals surface area contributed by atoms with Crippen molar-refractivity contribution in [2.45, 2.75) is 19.8 Å². The van der Waals surface area contributed by atoms with Crippen molar-refractivity contribution in [3.05, 3.63) is 52.8 Å². The lowest BCUT2D eigenvalue weighted by molar-refractivity contribution is -0.394. The average Bonchev–Trinajstić information content (AvgIpc) is 3.10. The first kappa shape index (κ1) is 11.3. The highest BCUT2D eigenvalue weighted by atomic mass is 15.1. The fourth-order valence-electron chi connectivity index (χ4n) is 3.84. The summed E-state index contributed by atoms with van der Waals surface area (Å²) in [6, 6.07) is 11.0. The molecule has 0 unspecified atom stereocenters. The zero-order chi connectivity index (χ0) is 14.1. The molecule has 1 aromatic heterocycles. The monoisotopic (exact) mass is 274 g/mol. The van der Waals surface area contributed by atoms with E-state index in [4.69, 9.17) is 4.98 Å². The van der Waals surface area contributed by atoms with Gasteiger partial charge in [-0.15, -0.1) is 0 Å². The molecule has 0 aliphatic carbocycles. The maximum Gasteiger partial charge on any atom is 0.235 e. The third-order valence-electron chi connectivity index (χ3n) is 4.78. The summed E-state index contributed by atoms with van der Waals surface area (Å²) in [4.78, 5) is 4.88. The lowest BCUT2D eigenvalue weighted by Gasteiger charge is -2.08. The summed E-state index contributed by atoms with van der Waals surface area (Å²) in [5, 5.41) is 0. The van der Waals surface area contributed by atoms with Crippen LogP contribution in [0.5, 0.6) is 0 Å². The summed E-state index contributed by atoms with van der Waals surface area (Å²) >= 11 is 0. The molecule has 3 aromatic rings. The van der Waals surface area contributed by atoms with Crippen LogP contribution in [0.1, 0.15) is 22.5 Å². The highest BCUT2D eigenvalue weighted by molar-refractivity contribution is 5.93. The van der Waals surface area contributed by atoms with E-state index in [0.717, 1.165) is 18.4 Å². The second kappa shape index (κ2) is 3.61. The van der Waals surface area contributed by atoms with Gasteiger partial charge in [-0.2, -0.15) is 0 Å². The van der Waals surface area contributed by atoms with E-state index < -0.39 is 0 Å². The molecule has 3 heteroatoms. The predicted molar refractivity (Wildman–Crippen MR) is 84.2 cm³/mol. The number of hydrogen-bond acceptors (Lipinski definition) is 1. The van der Waals surface area contributed by atoms with E-state index in [9.17, 15) is 0 Å². The SMILES string of the molecule is Cc1cccc2c1-n1c(nc3ccc4c(c31)[N+](C)=CC4)C2. The minimum Gasteiger partial charge on any atom is -0.290 e. The van der Waals surface area contributed by atoms with E-state index in [1.54, 1.807) is 0 Å².